The van der Waals surface area contributed by atoms with Crippen LogP contribution in [0.4, 0.5) is 0 Å². The van der Waals surface area contributed by atoms with Gasteiger partial charge in [0.15, 0.2) is 23.4 Å². The summed E-state index contributed by atoms with van der Waals surface area (Å²) in [6, 6.07) is 5.92. The first-order valence-electron chi connectivity index (χ1n) is 11.3. The molecular weight excluding hydrogens is 396 g/mol. The Hall–Kier alpha value is -2.08. The lowest BCUT2D eigenvalue weighted by Crippen LogP contribution is -2.26. The van der Waals surface area contributed by atoms with Crippen molar-refractivity contribution in [2.45, 2.75) is 59.5 Å². The number of esters is 1. The highest BCUT2D eigenvalue weighted by atomic mass is 16.6. The van der Waals surface area contributed by atoms with Crippen molar-refractivity contribution < 1.29 is 28.5 Å². The summed E-state index contributed by atoms with van der Waals surface area (Å²) in [6.45, 7) is 9.43. The van der Waals surface area contributed by atoms with Crippen molar-refractivity contribution in [1.82, 2.24) is 0 Å². The number of cyclic esters (lactones) is 1. The summed E-state index contributed by atoms with van der Waals surface area (Å²) in [6.07, 6.45) is 1.84. The van der Waals surface area contributed by atoms with Crippen molar-refractivity contribution in [3.63, 3.8) is 0 Å². The summed E-state index contributed by atoms with van der Waals surface area (Å²) in [7, 11) is 3.30. The fraction of sp³-hybridized carbons (Fsp3) is 0.680. The molecule has 0 bridgehead atoms. The number of ketones is 1. The second-order valence-electron chi connectivity index (χ2n) is 9.07. The highest BCUT2D eigenvalue weighted by Crippen LogP contribution is 2.33. The fourth-order valence-corrected chi connectivity index (χ4v) is 3.93. The minimum atomic E-state index is -0.600. The average Bonchev–Trinajstić information content (AvgIpc) is 3.13. The highest BCUT2D eigenvalue weighted by Gasteiger charge is 2.40. The van der Waals surface area contributed by atoms with Crippen LogP contribution >= 0.6 is 0 Å². The molecule has 0 saturated carbocycles. The van der Waals surface area contributed by atoms with Crippen LogP contribution in [0.3, 0.4) is 0 Å². The first-order valence-corrected chi connectivity index (χ1v) is 11.3. The molecule has 1 aliphatic heterocycles. The molecule has 0 spiro atoms. The van der Waals surface area contributed by atoms with E-state index in [1.807, 2.05) is 32.0 Å². The van der Waals surface area contributed by atoms with E-state index in [4.69, 9.17) is 18.9 Å². The van der Waals surface area contributed by atoms with E-state index in [-0.39, 0.29) is 29.5 Å². The number of methoxy groups -OCH3 is 2. The second kappa shape index (κ2) is 12.1. The number of hydrogen-bond acceptors (Lipinski definition) is 6. The van der Waals surface area contributed by atoms with Gasteiger partial charge in [0, 0.05) is 33.0 Å². The van der Waals surface area contributed by atoms with Gasteiger partial charge in [-0.05, 0) is 41.9 Å². The van der Waals surface area contributed by atoms with Crippen molar-refractivity contribution >= 4 is 11.8 Å². The summed E-state index contributed by atoms with van der Waals surface area (Å²) in [4.78, 5) is 25.0. The molecule has 1 saturated heterocycles. The number of hydrogen-bond donors (Lipinski definition) is 0. The van der Waals surface area contributed by atoms with E-state index in [1.54, 1.807) is 14.2 Å². The van der Waals surface area contributed by atoms with Crippen LogP contribution in [0.1, 0.15) is 52.5 Å². The molecule has 1 aromatic rings. The van der Waals surface area contributed by atoms with Gasteiger partial charge in [-0.25, -0.2) is 0 Å². The van der Waals surface area contributed by atoms with Crippen molar-refractivity contribution in [3.8, 4) is 11.5 Å². The Morgan fingerprint density at radius 2 is 1.87 bits per heavy atom. The third-order valence-corrected chi connectivity index (χ3v) is 6.08. The van der Waals surface area contributed by atoms with Gasteiger partial charge >= 0.3 is 5.97 Å². The van der Waals surface area contributed by atoms with Crippen LogP contribution < -0.4 is 9.47 Å². The third kappa shape index (κ3) is 7.23. The van der Waals surface area contributed by atoms with Crippen molar-refractivity contribution in [1.29, 1.82) is 0 Å². The van der Waals surface area contributed by atoms with Gasteiger partial charge in [0.05, 0.1) is 19.6 Å². The van der Waals surface area contributed by atoms with Gasteiger partial charge in [-0.2, -0.15) is 0 Å². The van der Waals surface area contributed by atoms with E-state index < -0.39 is 6.10 Å². The molecule has 3 atom stereocenters. The normalized spacial score (nSPS) is 19.5. The maximum absolute atomic E-state index is 12.9. The Bertz CT molecular complexity index is 727. The van der Waals surface area contributed by atoms with E-state index in [1.165, 1.54) is 0 Å². The van der Waals surface area contributed by atoms with Gasteiger partial charge < -0.3 is 18.9 Å². The Morgan fingerprint density at radius 1 is 1.13 bits per heavy atom. The Kier molecular flexibility index (Phi) is 9.82. The van der Waals surface area contributed by atoms with Crippen LogP contribution in [-0.4, -0.2) is 45.3 Å². The number of Topliss-reactive ketones (excluding diaryl/α,β-unsaturated/α-hetero) is 1. The molecule has 1 aliphatic rings. The SMILES string of the molecule is COCCCOc1cc(C[C@@H](CC(=O)[C@@H]2C[C@@H](C(C)C)C(=O)O2)C(C)C)ccc1OC. The van der Waals surface area contributed by atoms with Gasteiger partial charge in [-0.3, -0.25) is 9.59 Å². The monoisotopic (exact) mass is 434 g/mol. The molecule has 1 heterocycles. The second-order valence-corrected chi connectivity index (χ2v) is 9.07. The van der Waals surface area contributed by atoms with Crippen LogP contribution in [0, 0.1) is 23.7 Å². The van der Waals surface area contributed by atoms with Gasteiger partial charge in [-0.15, -0.1) is 0 Å². The van der Waals surface area contributed by atoms with Crippen LogP contribution in [-0.2, 0) is 25.5 Å². The van der Waals surface area contributed by atoms with Crippen LogP contribution in [0.5, 0.6) is 11.5 Å². The minimum Gasteiger partial charge on any atom is -0.493 e. The lowest BCUT2D eigenvalue weighted by molar-refractivity contribution is -0.150. The first kappa shape index (κ1) is 25.2. The molecule has 0 radical (unpaired) electrons. The van der Waals surface area contributed by atoms with Crippen LogP contribution in [0.25, 0.3) is 0 Å². The van der Waals surface area contributed by atoms with Crippen molar-refractivity contribution in [3.05, 3.63) is 23.8 Å². The molecule has 0 aliphatic carbocycles. The first-order chi connectivity index (χ1) is 14.8. The lowest BCUT2D eigenvalue weighted by Gasteiger charge is -2.22. The summed E-state index contributed by atoms with van der Waals surface area (Å²) in [5, 5.41) is 0. The number of ether oxygens (including phenoxy) is 4. The molecule has 1 fully saturated rings. The number of rotatable bonds is 13. The summed E-state index contributed by atoms with van der Waals surface area (Å²) < 4.78 is 21.8. The Balaban J connectivity index is 2.04. The van der Waals surface area contributed by atoms with Crippen molar-refractivity contribution in [2.75, 3.05) is 27.4 Å². The van der Waals surface area contributed by atoms with Gasteiger partial charge in [0.25, 0.3) is 0 Å². The zero-order valence-corrected chi connectivity index (χ0v) is 19.8. The quantitative estimate of drug-likeness (QED) is 0.337. The van der Waals surface area contributed by atoms with Crippen LogP contribution in [0.2, 0.25) is 0 Å². The molecule has 1 aromatic carbocycles. The van der Waals surface area contributed by atoms with E-state index in [0.717, 1.165) is 18.4 Å². The maximum Gasteiger partial charge on any atom is 0.310 e. The smallest absolute Gasteiger partial charge is 0.310 e. The van der Waals surface area contributed by atoms with Gasteiger partial charge in [0.1, 0.15) is 0 Å². The zero-order valence-electron chi connectivity index (χ0n) is 19.8. The Labute approximate surface area is 186 Å². The summed E-state index contributed by atoms with van der Waals surface area (Å²) in [5.41, 5.74) is 1.09. The molecule has 0 N–H and O–H groups in total. The molecule has 174 valence electrons. The van der Waals surface area contributed by atoms with E-state index in [9.17, 15) is 9.59 Å². The number of benzene rings is 1. The lowest BCUT2D eigenvalue weighted by atomic mass is 9.83. The highest BCUT2D eigenvalue weighted by molar-refractivity contribution is 5.89. The Morgan fingerprint density at radius 3 is 2.45 bits per heavy atom. The van der Waals surface area contributed by atoms with E-state index >= 15 is 0 Å². The molecule has 0 amide bonds. The summed E-state index contributed by atoms with van der Waals surface area (Å²) >= 11 is 0. The van der Waals surface area contributed by atoms with E-state index in [2.05, 4.69) is 13.8 Å². The molecule has 2 rings (SSSR count). The number of carbonyl (C=O) groups excluding carboxylic acids is 2. The molecular formula is C25H38O6. The zero-order chi connectivity index (χ0) is 23.0. The third-order valence-electron chi connectivity index (χ3n) is 6.08. The minimum absolute atomic E-state index is 0.0275. The largest absolute Gasteiger partial charge is 0.493 e. The number of carbonyl (C=O) groups is 2. The molecule has 0 aromatic heterocycles. The maximum atomic E-state index is 12.9. The van der Waals surface area contributed by atoms with E-state index in [0.29, 0.717) is 43.5 Å². The molecule has 31 heavy (non-hydrogen) atoms. The topological polar surface area (TPSA) is 71.1 Å². The van der Waals surface area contributed by atoms with Gasteiger partial charge in [0.2, 0.25) is 0 Å². The molecule has 6 heteroatoms. The van der Waals surface area contributed by atoms with Gasteiger partial charge in [-0.1, -0.05) is 33.8 Å². The van der Waals surface area contributed by atoms with Crippen molar-refractivity contribution in [2.24, 2.45) is 23.7 Å². The predicted molar refractivity (Wildman–Crippen MR) is 119 cm³/mol. The molecule has 6 nitrogen and oxygen atoms in total. The molecule has 0 unspecified atom stereocenters. The summed E-state index contributed by atoms with van der Waals surface area (Å²) in [5.74, 6) is 1.66. The van der Waals surface area contributed by atoms with Crippen LogP contribution in [0.15, 0.2) is 18.2 Å². The fourth-order valence-electron chi connectivity index (χ4n) is 3.93. The average molecular weight is 435 g/mol. The predicted octanol–water partition coefficient (Wildman–Crippen LogP) is 4.47. The standard InChI is InChI=1S/C25H38O6/c1-16(2)19(14-21(26)23-15-20(17(3)4)25(27)31-23)12-18-8-9-22(29-6)24(13-18)30-11-7-10-28-5/h8-9,13,16-17,19-20,23H,7,10-12,14-15H2,1-6H3/t19-,20-,23-/m0/s1.